The number of pyridine rings is 1. The van der Waals surface area contributed by atoms with Crippen LogP contribution in [0.4, 0.5) is 17.6 Å². The zero-order chi connectivity index (χ0) is 27.0. The molecule has 8 nitrogen and oxygen atoms in total. The van der Waals surface area contributed by atoms with Crippen LogP contribution in [0.15, 0.2) is 41.2 Å². The number of halogens is 4. The molecule has 0 unspecified atom stereocenters. The van der Waals surface area contributed by atoms with Crippen molar-refractivity contribution in [1.82, 2.24) is 20.1 Å². The minimum absolute atomic E-state index is 0.0212. The molecule has 0 bridgehead atoms. The summed E-state index contributed by atoms with van der Waals surface area (Å²) >= 11 is 0. The van der Waals surface area contributed by atoms with Crippen LogP contribution in [0, 0.1) is 5.82 Å². The molecule has 12 heteroatoms. The van der Waals surface area contributed by atoms with E-state index < -0.39 is 29.0 Å². The van der Waals surface area contributed by atoms with Crippen LogP contribution in [-0.2, 0) is 23.1 Å². The van der Waals surface area contributed by atoms with Gasteiger partial charge in [-0.3, -0.25) is 14.8 Å². The average molecular weight is 518 g/mol. The number of Topliss-reactive ketones (excluding diaryl/α,β-unsaturated/α-hetero) is 1. The van der Waals surface area contributed by atoms with Crippen LogP contribution in [0.2, 0.25) is 0 Å². The second kappa shape index (κ2) is 9.75. The molecule has 194 valence electrons. The van der Waals surface area contributed by atoms with Crippen LogP contribution in [0.3, 0.4) is 0 Å². The van der Waals surface area contributed by atoms with Crippen molar-refractivity contribution < 1.29 is 36.4 Å². The van der Waals surface area contributed by atoms with Crippen LogP contribution in [0.1, 0.15) is 31.0 Å². The van der Waals surface area contributed by atoms with Crippen molar-refractivity contribution in [2.45, 2.75) is 38.3 Å². The van der Waals surface area contributed by atoms with Gasteiger partial charge in [0.2, 0.25) is 0 Å². The van der Waals surface area contributed by atoms with Crippen LogP contribution in [0.25, 0.3) is 22.3 Å². The molecule has 0 amide bonds. The van der Waals surface area contributed by atoms with Gasteiger partial charge in [0, 0.05) is 30.0 Å². The maximum Gasteiger partial charge on any atom is 0.401 e. The number of hydrogen-bond acceptors (Lipinski definition) is 8. The van der Waals surface area contributed by atoms with E-state index in [1.165, 1.54) is 32.7 Å². The number of hydrogen-bond donors (Lipinski definition) is 0. The number of methoxy groups -OCH3 is 2. The van der Waals surface area contributed by atoms with E-state index in [1.807, 2.05) is 0 Å². The highest BCUT2D eigenvalue weighted by atomic mass is 19.4. The SMILES string of the molecule is COc1cc2ncc(-c3cnc(CC(=O)Cc4cc(C(C)(C)C(F)(F)F)on4)c(F)c3)nc2cc1OC. The smallest absolute Gasteiger partial charge is 0.401 e. The van der Waals surface area contributed by atoms with Gasteiger partial charge >= 0.3 is 6.18 Å². The van der Waals surface area contributed by atoms with Gasteiger partial charge in [-0.1, -0.05) is 5.16 Å². The van der Waals surface area contributed by atoms with Crippen LogP contribution >= 0.6 is 0 Å². The third kappa shape index (κ3) is 5.23. The summed E-state index contributed by atoms with van der Waals surface area (Å²) in [5.74, 6) is -0.691. The van der Waals surface area contributed by atoms with E-state index >= 15 is 0 Å². The molecule has 4 aromatic rings. The number of aromatic nitrogens is 4. The molecule has 3 aromatic heterocycles. The van der Waals surface area contributed by atoms with E-state index in [9.17, 15) is 22.4 Å². The number of fused-ring (bicyclic) bond motifs is 1. The highest BCUT2D eigenvalue weighted by Gasteiger charge is 2.51. The first-order valence-electron chi connectivity index (χ1n) is 11.0. The molecule has 1 aromatic carbocycles. The number of benzene rings is 1. The lowest BCUT2D eigenvalue weighted by atomic mass is 9.89. The third-order valence-electron chi connectivity index (χ3n) is 5.89. The van der Waals surface area contributed by atoms with E-state index in [1.54, 1.807) is 12.1 Å². The zero-order valence-electron chi connectivity index (χ0n) is 20.3. The Bertz CT molecular complexity index is 1470. The second-order valence-electron chi connectivity index (χ2n) is 8.80. The Morgan fingerprint density at radius 2 is 1.62 bits per heavy atom. The molecule has 0 saturated heterocycles. The van der Waals surface area contributed by atoms with Gasteiger partial charge in [-0.2, -0.15) is 13.2 Å². The molecule has 0 aliphatic rings. The Morgan fingerprint density at radius 3 is 2.24 bits per heavy atom. The van der Waals surface area contributed by atoms with Gasteiger partial charge in [0.25, 0.3) is 0 Å². The highest BCUT2D eigenvalue weighted by Crippen LogP contribution is 2.40. The molecule has 0 saturated carbocycles. The molecule has 0 aliphatic carbocycles. The topological polar surface area (TPSA) is 100 Å². The van der Waals surface area contributed by atoms with Crippen LogP contribution in [-0.4, -0.2) is 46.3 Å². The quantitative estimate of drug-likeness (QED) is 0.300. The lowest BCUT2D eigenvalue weighted by Crippen LogP contribution is -2.35. The summed E-state index contributed by atoms with van der Waals surface area (Å²) < 4.78 is 69.7. The fraction of sp³-hybridized carbons (Fsp3) is 0.320. The molecule has 4 rings (SSSR count). The van der Waals surface area contributed by atoms with E-state index in [2.05, 4.69) is 20.1 Å². The van der Waals surface area contributed by atoms with Crippen molar-refractivity contribution in [2.75, 3.05) is 14.2 Å². The first-order chi connectivity index (χ1) is 17.4. The predicted molar refractivity (Wildman–Crippen MR) is 124 cm³/mol. The van der Waals surface area contributed by atoms with Gasteiger partial charge in [0.05, 0.1) is 61.4 Å². The maximum atomic E-state index is 14.8. The molecule has 0 N–H and O–H groups in total. The number of ketones is 1. The fourth-order valence-corrected chi connectivity index (χ4v) is 3.50. The summed E-state index contributed by atoms with van der Waals surface area (Å²) in [7, 11) is 2.99. The van der Waals surface area contributed by atoms with Gasteiger partial charge in [-0.05, 0) is 19.9 Å². The molecule has 0 spiro atoms. The number of carbonyl (C=O) groups is 1. The number of carbonyl (C=O) groups excluding carboxylic acids is 1. The molecule has 3 heterocycles. The number of nitrogens with zero attached hydrogens (tertiary/aromatic N) is 4. The second-order valence-corrected chi connectivity index (χ2v) is 8.80. The maximum absolute atomic E-state index is 14.8. The normalized spacial score (nSPS) is 12.1. The Hall–Kier alpha value is -4.09. The van der Waals surface area contributed by atoms with Gasteiger partial charge in [-0.25, -0.2) is 9.37 Å². The lowest BCUT2D eigenvalue weighted by Gasteiger charge is -2.24. The van der Waals surface area contributed by atoms with E-state index in [0.717, 1.165) is 19.9 Å². The average Bonchev–Trinajstić information content (AvgIpc) is 3.32. The predicted octanol–water partition coefficient (Wildman–Crippen LogP) is 5.03. The largest absolute Gasteiger partial charge is 0.493 e. The van der Waals surface area contributed by atoms with Crippen molar-refractivity contribution in [3.63, 3.8) is 0 Å². The molecule has 0 radical (unpaired) electrons. The summed E-state index contributed by atoms with van der Waals surface area (Å²) in [6.45, 7) is 1.90. The summed E-state index contributed by atoms with van der Waals surface area (Å²) in [6.07, 6.45) is -2.45. The fourth-order valence-electron chi connectivity index (χ4n) is 3.50. The monoisotopic (exact) mass is 518 g/mol. The van der Waals surface area contributed by atoms with Crippen molar-refractivity contribution in [2.24, 2.45) is 0 Å². The third-order valence-corrected chi connectivity index (χ3v) is 5.89. The number of ether oxygens (including phenoxy) is 2. The lowest BCUT2D eigenvalue weighted by molar-refractivity contribution is -0.185. The van der Waals surface area contributed by atoms with E-state index in [-0.39, 0.29) is 24.2 Å². The summed E-state index contributed by atoms with van der Waals surface area (Å²) in [6, 6.07) is 5.58. The molecule has 37 heavy (non-hydrogen) atoms. The first-order valence-corrected chi connectivity index (χ1v) is 11.0. The van der Waals surface area contributed by atoms with Gasteiger partial charge in [0.15, 0.2) is 17.3 Å². The highest BCUT2D eigenvalue weighted by molar-refractivity contribution is 5.83. The molecule has 0 aliphatic heterocycles. The Balaban J connectivity index is 1.49. The standard InChI is InChI=1S/C25H22F4N4O4/c1-24(2,25(27,28)29)23-7-14(33-37-23)6-15(34)8-17-16(26)5-13(11-30-17)20-12-31-18-9-21(35-3)22(36-4)10-19(18)32-20/h5,7,9-12H,6,8H2,1-4H3. The Labute approximate surface area is 208 Å². The minimum atomic E-state index is -4.56. The van der Waals surface area contributed by atoms with E-state index in [4.69, 9.17) is 14.0 Å². The van der Waals surface area contributed by atoms with Crippen molar-refractivity contribution in [3.8, 4) is 22.8 Å². The van der Waals surface area contributed by atoms with E-state index in [0.29, 0.717) is 33.8 Å². The molecular formula is C25H22F4N4O4. The van der Waals surface area contributed by atoms with Crippen molar-refractivity contribution >= 4 is 16.8 Å². The Morgan fingerprint density at radius 1 is 0.946 bits per heavy atom. The zero-order valence-corrected chi connectivity index (χ0v) is 20.3. The van der Waals surface area contributed by atoms with Crippen LogP contribution < -0.4 is 9.47 Å². The number of rotatable bonds is 8. The van der Waals surface area contributed by atoms with Gasteiger partial charge in [-0.15, -0.1) is 0 Å². The first kappa shape index (κ1) is 26.0. The van der Waals surface area contributed by atoms with Crippen molar-refractivity contribution in [3.05, 3.63) is 59.6 Å². The molecule has 0 fully saturated rings. The molecule has 0 atom stereocenters. The summed E-state index contributed by atoms with van der Waals surface area (Å²) in [5.41, 5.74) is -0.628. The van der Waals surface area contributed by atoms with Crippen molar-refractivity contribution in [1.29, 1.82) is 0 Å². The van der Waals surface area contributed by atoms with Crippen LogP contribution in [0.5, 0.6) is 11.5 Å². The Kier molecular flexibility index (Phi) is 6.85. The van der Waals surface area contributed by atoms with Gasteiger partial charge in [0.1, 0.15) is 17.0 Å². The van der Waals surface area contributed by atoms with Gasteiger partial charge < -0.3 is 14.0 Å². The minimum Gasteiger partial charge on any atom is -0.493 e. The number of alkyl halides is 3. The summed E-state index contributed by atoms with van der Waals surface area (Å²) in [4.78, 5) is 25.3. The molecular weight excluding hydrogens is 496 g/mol. The summed E-state index contributed by atoms with van der Waals surface area (Å²) in [5, 5.41) is 3.56.